The molecule has 0 atom stereocenters. The highest BCUT2D eigenvalue weighted by Crippen LogP contribution is 2.31. The summed E-state index contributed by atoms with van der Waals surface area (Å²) in [5, 5.41) is 0. The second kappa shape index (κ2) is 18.0. The van der Waals surface area contributed by atoms with Crippen molar-refractivity contribution >= 4 is 28.0 Å². The number of benzene rings is 6. The summed E-state index contributed by atoms with van der Waals surface area (Å²) in [5.74, 6) is -71.4. The van der Waals surface area contributed by atoms with Crippen molar-refractivity contribution in [3.8, 4) is 11.3 Å². The van der Waals surface area contributed by atoms with Crippen molar-refractivity contribution in [1.29, 1.82) is 0 Å². The minimum Gasteiger partial charge on any atom is -0.207 e. The fourth-order valence-corrected chi connectivity index (χ4v) is 7.33. The van der Waals surface area contributed by atoms with Crippen LogP contribution in [0.3, 0.4) is 0 Å². The van der Waals surface area contributed by atoms with Gasteiger partial charge in [0.15, 0.2) is 82.5 Å². The van der Waals surface area contributed by atoms with Crippen LogP contribution < -0.4 is 26.4 Å². The lowest BCUT2D eigenvalue weighted by atomic mass is 9.12. The van der Waals surface area contributed by atoms with Crippen molar-refractivity contribution in [2.45, 2.75) is 13.5 Å². The van der Waals surface area contributed by atoms with E-state index in [0.29, 0.717) is 0 Å². The fraction of sp³-hybridized carbons (Fsp3) is 0.0465. The van der Waals surface area contributed by atoms with Gasteiger partial charge in [0.25, 0.3) is 0 Å². The fourth-order valence-electron chi connectivity index (χ4n) is 7.33. The van der Waals surface area contributed by atoms with E-state index in [-0.39, 0.29) is 0 Å². The maximum Gasteiger partial charge on any atom is 0.212 e. The Balaban J connectivity index is 0.000000289. The molecule has 0 aliphatic rings. The molecule has 0 unspecified atom stereocenters. The average Bonchev–Trinajstić information content (AvgIpc) is 3.29. The van der Waals surface area contributed by atoms with Crippen LogP contribution in [0.25, 0.3) is 11.3 Å². The largest absolute Gasteiger partial charge is 0.212 e. The van der Waals surface area contributed by atoms with Crippen LogP contribution in [-0.2, 0) is 6.54 Å². The first-order valence-electron chi connectivity index (χ1n) is 17.9. The molecule has 0 spiro atoms. The van der Waals surface area contributed by atoms with Crippen molar-refractivity contribution in [2.24, 2.45) is 0 Å². The van der Waals surface area contributed by atoms with E-state index in [1.165, 1.54) is 22.4 Å². The molecule has 0 saturated heterocycles. The van der Waals surface area contributed by atoms with Gasteiger partial charge in [0.2, 0.25) is 5.69 Å². The van der Waals surface area contributed by atoms with Gasteiger partial charge in [-0.05, 0) is 25.1 Å². The first-order chi connectivity index (χ1) is 30.5. The summed E-state index contributed by atoms with van der Waals surface area (Å²) in [6.45, 7) is 3.03. The Morgan fingerprint density at radius 2 is 0.646 bits per heavy atom. The lowest BCUT2D eigenvalue weighted by Gasteiger charge is -2.44. The van der Waals surface area contributed by atoms with Crippen LogP contribution >= 0.6 is 0 Å². The number of rotatable bonds is 7. The van der Waals surface area contributed by atoms with E-state index >= 15 is 35.1 Å². The predicted octanol–water partition coefficient (Wildman–Crippen LogP) is 9.84. The smallest absolute Gasteiger partial charge is 0.207 e. The third-order valence-electron chi connectivity index (χ3n) is 10.2. The van der Waals surface area contributed by atoms with Crippen molar-refractivity contribution in [2.75, 3.05) is 0 Å². The normalized spacial score (nSPS) is 11.5. The highest BCUT2D eigenvalue weighted by atomic mass is 19.2. The van der Waals surface area contributed by atoms with Gasteiger partial charge in [0.1, 0.15) is 52.7 Å². The number of hydrogen-bond donors (Lipinski definition) is 0. The molecule has 0 aliphatic carbocycles. The summed E-state index contributed by atoms with van der Waals surface area (Å²) >= 11 is 0. The highest BCUT2D eigenvalue weighted by Gasteiger charge is 2.52. The number of aryl methyl sites for hydroxylation is 1. The average molecular weight is 939 g/mol. The second-order valence-corrected chi connectivity index (χ2v) is 13.9. The zero-order chi connectivity index (χ0) is 48.1. The summed E-state index contributed by atoms with van der Waals surface area (Å²) in [6, 6.07) is 25.6. The van der Waals surface area contributed by atoms with Crippen molar-refractivity contribution < 1.29 is 92.4 Å². The van der Waals surface area contributed by atoms with Gasteiger partial charge in [-0.25, -0.2) is 87.8 Å². The third-order valence-corrected chi connectivity index (χ3v) is 10.2. The van der Waals surface area contributed by atoms with Crippen molar-refractivity contribution in [3.63, 3.8) is 0 Å². The molecule has 65 heavy (non-hydrogen) atoms. The van der Waals surface area contributed by atoms with Gasteiger partial charge >= 0.3 is 0 Å². The maximum atomic E-state index is 15.4. The molecule has 22 heteroatoms. The highest BCUT2D eigenvalue weighted by molar-refractivity contribution is 7.20. The van der Waals surface area contributed by atoms with E-state index in [1.54, 1.807) is 0 Å². The molecule has 1 nitrogen and oxygen atoms in total. The molecule has 6 aromatic carbocycles. The SMILES string of the molecule is Cc1cccc(-c2cccc[n+]2Cc2ccccc2)c1.Fc1c(F)c(F)c([B-](c2c(F)c(F)c(F)c(F)c2F)(c2c(F)c(F)c(F)c(F)c2F)c2c(F)c(F)c(F)c(F)c2F)c(F)c1F. The Hall–Kier alpha value is -6.87. The summed E-state index contributed by atoms with van der Waals surface area (Å²) in [4.78, 5) is 0. The molecular weight excluding hydrogens is 921 g/mol. The van der Waals surface area contributed by atoms with E-state index < -0.39 is 144 Å². The van der Waals surface area contributed by atoms with Gasteiger partial charge in [-0.15, -0.1) is 21.9 Å². The van der Waals surface area contributed by atoms with E-state index in [4.69, 9.17) is 0 Å². The molecule has 7 aromatic rings. The molecule has 1 heterocycles. The Bertz CT molecular complexity index is 2650. The third kappa shape index (κ3) is 7.71. The van der Waals surface area contributed by atoms with Crippen LogP contribution in [0.5, 0.6) is 0 Å². The zero-order valence-electron chi connectivity index (χ0n) is 31.8. The first kappa shape index (κ1) is 47.6. The zero-order valence-corrected chi connectivity index (χ0v) is 31.8. The lowest BCUT2D eigenvalue weighted by molar-refractivity contribution is -0.677. The predicted molar refractivity (Wildman–Crippen MR) is 192 cm³/mol. The van der Waals surface area contributed by atoms with E-state index in [0.717, 1.165) is 6.54 Å². The monoisotopic (exact) mass is 939 g/mol. The minimum atomic E-state index is -7.22. The van der Waals surface area contributed by atoms with Gasteiger partial charge in [-0.2, -0.15) is 4.57 Å². The van der Waals surface area contributed by atoms with Gasteiger partial charge in [0, 0.05) is 23.3 Å². The van der Waals surface area contributed by atoms with Crippen molar-refractivity contribution in [1.82, 2.24) is 0 Å². The second-order valence-electron chi connectivity index (χ2n) is 13.9. The lowest BCUT2D eigenvalue weighted by Crippen LogP contribution is -2.81. The molecule has 338 valence electrons. The van der Waals surface area contributed by atoms with E-state index in [9.17, 15) is 52.7 Å². The van der Waals surface area contributed by atoms with Crippen LogP contribution in [0, 0.1) is 123 Å². The van der Waals surface area contributed by atoms with Crippen LogP contribution in [0.1, 0.15) is 11.1 Å². The molecule has 0 amide bonds. The summed E-state index contributed by atoms with van der Waals surface area (Å²) < 4.78 is 296. The summed E-state index contributed by atoms with van der Waals surface area (Å²) in [7, 11) is 0. The Labute approximate surface area is 351 Å². The van der Waals surface area contributed by atoms with Gasteiger partial charge in [-0.1, -0.05) is 48.0 Å². The molecule has 0 aliphatic heterocycles. The number of nitrogens with zero attached hydrogens (tertiary/aromatic N) is 1. The summed E-state index contributed by atoms with van der Waals surface area (Å²) in [5.41, 5.74) is -9.21. The van der Waals surface area contributed by atoms with Crippen LogP contribution in [0.4, 0.5) is 87.8 Å². The van der Waals surface area contributed by atoms with E-state index in [1.807, 2.05) is 0 Å². The molecule has 1 aromatic heterocycles. The van der Waals surface area contributed by atoms with Gasteiger partial charge in [0.05, 0.1) is 0 Å². The molecular formula is C43H18BF20N. The minimum absolute atomic E-state index is 0.894. The molecule has 0 N–H and O–H groups in total. The maximum absolute atomic E-state index is 15.4. The van der Waals surface area contributed by atoms with Crippen LogP contribution in [0.2, 0.25) is 0 Å². The van der Waals surface area contributed by atoms with E-state index in [2.05, 4.69) is 90.5 Å². The molecule has 0 saturated carbocycles. The van der Waals surface area contributed by atoms with Crippen molar-refractivity contribution in [3.05, 3.63) is 206 Å². The van der Waals surface area contributed by atoms with Gasteiger partial charge in [-0.3, -0.25) is 0 Å². The number of halogens is 20. The number of pyridine rings is 1. The Morgan fingerprint density at radius 3 is 0.969 bits per heavy atom. The number of hydrogen-bond acceptors (Lipinski definition) is 0. The first-order valence-corrected chi connectivity index (χ1v) is 17.9. The van der Waals surface area contributed by atoms with Crippen LogP contribution in [-0.4, -0.2) is 6.15 Å². The quantitative estimate of drug-likeness (QED) is 0.0493. The van der Waals surface area contributed by atoms with Gasteiger partial charge < -0.3 is 0 Å². The molecule has 0 bridgehead atoms. The van der Waals surface area contributed by atoms with Crippen LogP contribution in [0.15, 0.2) is 79.0 Å². The summed E-state index contributed by atoms with van der Waals surface area (Å²) in [6.07, 6.45) is -5.07. The topological polar surface area (TPSA) is 3.88 Å². The number of aromatic nitrogens is 1. The molecule has 7 rings (SSSR count). The Kier molecular flexibility index (Phi) is 13.2. The standard InChI is InChI=1S/C24BF20.C19H18N/c26-5-1(6(27)14(35)21(42)13(5)34)25(2-7(28)15(36)22(43)16(37)8(2)29,3-9(30)17(38)23(44)18(39)10(3)31)4-11(32)19(40)24(45)20(41)12(4)33;1-16-8-7-11-18(14-16)19-12-5-6-13-20(19)15-17-9-3-2-4-10-17/h;2-14H,15H2,1H3/q-1;+1. The molecule has 0 fully saturated rings. The Morgan fingerprint density at radius 1 is 0.338 bits per heavy atom. The molecule has 0 radical (unpaired) electrons.